The Morgan fingerprint density at radius 3 is 2.34 bits per heavy atom. The second-order valence-electron chi connectivity index (χ2n) is 8.83. The van der Waals surface area contributed by atoms with Crippen LogP contribution >= 0.6 is 0 Å². The quantitative estimate of drug-likeness (QED) is 0.399. The minimum atomic E-state index is -0.893. The second-order valence-corrected chi connectivity index (χ2v) is 8.83. The molecule has 2 aromatic heterocycles. The van der Waals surface area contributed by atoms with E-state index in [0.717, 1.165) is 22.6 Å². The van der Waals surface area contributed by atoms with Crippen LogP contribution < -0.4 is 4.74 Å². The number of carbonyl (C=O) groups is 1. The number of fused-ring (bicyclic) bond motifs is 1. The first-order valence-electron chi connectivity index (χ1n) is 12.5. The predicted octanol–water partition coefficient (Wildman–Crippen LogP) is 6.73. The second kappa shape index (κ2) is 12.5. The average Bonchev–Trinajstić information content (AvgIpc) is 3.47. The van der Waals surface area contributed by atoms with Gasteiger partial charge in [-0.15, -0.1) is 0 Å². The molecule has 0 aliphatic heterocycles. The summed E-state index contributed by atoms with van der Waals surface area (Å²) in [4.78, 5) is 20.8. The van der Waals surface area contributed by atoms with Crippen LogP contribution in [0, 0.1) is 5.92 Å². The molecule has 3 aromatic rings. The van der Waals surface area contributed by atoms with Gasteiger partial charge in [-0.2, -0.15) is 0 Å². The van der Waals surface area contributed by atoms with Crippen LogP contribution in [-0.4, -0.2) is 26.2 Å². The Hall–Kier alpha value is -3.22. The van der Waals surface area contributed by atoms with Gasteiger partial charge < -0.3 is 14.4 Å². The Kier molecular flexibility index (Phi) is 9.99. The molecule has 7 heteroatoms. The Balaban J connectivity index is 0.00000103. The lowest BCUT2D eigenvalue weighted by Crippen LogP contribution is -2.23. The third-order valence-electron chi connectivity index (χ3n) is 6.64. The third-order valence-corrected chi connectivity index (χ3v) is 6.64. The number of carboxylic acids is 1. The van der Waals surface area contributed by atoms with Gasteiger partial charge in [-0.1, -0.05) is 72.7 Å². The Morgan fingerprint density at radius 1 is 1.11 bits per heavy atom. The SMILES string of the molecule is CC.CC.CC1c2nc(COc3ccc([C@H](CC(=O)O)c4ccon4)cc3)cnc2C(C)(C)C1C. The highest BCUT2D eigenvalue weighted by atomic mass is 16.5. The number of carboxylic acid groups (broad SMARTS) is 1. The fraction of sp³-hybridized carbons (Fsp3) is 0.500. The summed E-state index contributed by atoms with van der Waals surface area (Å²) in [5.74, 6) is 0.256. The largest absolute Gasteiger partial charge is 0.487 e. The molecular weight excluding hydrogens is 442 g/mol. The van der Waals surface area contributed by atoms with Crippen molar-refractivity contribution in [3.63, 3.8) is 0 Å². The molecule has 35 heavy (non-hydrogen) atoms. The van der Waals surface area contributed by atoms with E-state index < -0.39 is 5.97 Å². The van der Waals surface area contributed by atoms with E-state index in [2.05, 4.69) is 32.9 Å². The first kappa shape index (κ1) is 28.0. The fourth-order valence-corrected chi connectivity index (χ4v) is 4.33. The molecular formula is C28H39N3O4. The zero-order valence-corrected chi connectivity index (χ0v) is 22.2. The molecule has 1 aliphatic carbocycles. The Bertz CT molecular complexity index is 1060. The van der Waals surface area contributed by atoms with Gasteiger partial charge in [-0.3, -0.25) is 14.8 Å². The topological polar surface area (TPSA) is 98.3 Å². The van der Waals surface area contributed by atoms with E-state index in [9.17, 15) is 9.90 Å². The normalized spacial score (nSPS) is 18.3. The first-order chi connectivity index (χ1) is 16.8. The molecule has 0 fully saturated rings. The van der Waals surface area contributed by atoms with E-state index in [4.69, 9.17) is 19.2 Å². The van der Waals surface area contributed by atoms with Crippen molar-refractivity contribution in [2.24, 2.45) is 5.92 Å². The minimum absolute atomic E-state index is 0.0211. The van der Waals surface area contributed by atoms with Crippen LogP contribution in [0.1, 0.15) is 102 Å². The van der Waals surface area contributed by atoms with Crippen molar-refractivity contribution < 1.29 is 19.2 Å². The highest BCUT2D eigenvalue weighted by molar-refractivity contribution is 5.68. The zero-order valence-electron chi connectivity index (χ0n) is 22.2. The van der Waals surface area contributed by atoms with Crippen LogP contribution in [0.5, 0.6) is 5.75 Å². The van der Waals surface area contributed by atoms with Crippen LogP contribution in [0.3, 0.4) is 0 Å². The monoisotopic (exact) mass is 481 g/mol. The molecule has 1 aromatic carbocycles. The van der Waals surface area contributed by atoms with Crippen molar-refractivity contribution in [1.82, 2.24) is 15.1 Å². The van der Waals surface area contributed by atoms with Crippen LogP contribution in [0.4, 0.5) is 0 Å². The third kappa shape index (κ3) is 6.27. The summed E-state index contributed by atoms with van der Waals surface area (Å²) in [5, 5.41) is 13.2. The lowest BCUT2D eigenvalue weighted by Gasteiger charge is -2.25. The molecule has 0 saturated carbocycles. The van der Waals surface area contributed by atoms with E-state index in [1.165, 1.54) is 6.26 Å². The maximum absolute atomic E-state index is 11.3. The number of aromatic nitrogens is 3. The molecule has 1 N–H and O–H groups in total. The predicted molar refractivity (Wildman–Crippen MR) is 137 cm³/mol. The van der Waals surface area contributed by atoms with E-state index in [1.807, 2.05) is 52.0 Å². The molecule has 7 nitrogen and oxygen atoms in total. The van der Waals surface area contributed by atoms with Crippen molar-refractivity contribution in [3.8, 4) is 5.75 Å². The van der Waals surface area contributed by atoms with Gasteiger partial charge in [0, 0.05) is 23.3 Å². The van der Waals surface area contributed by atoms with Gasteiger partial charge in [-0.05, 0) is 23.6 Å². The van der Waals surface area contributed by atoms with Crippen LogP contribution in [0.25, 0.3) is 0 Å². The van der Waals surface area contributed by atoms with Gasteiger partial charge in [0.1, 0.15) is 18.6 Å². The van der Waals surface area contributed by atoms with Crippen LogP contribution in [-0.2, 0) is 16.8 Å². The standard InChI is InChI=1S/C24H27N3O4.2C2H6/c1-14-15(2)24(3,4)23-22(14)26-17(12-25-23)13-30-18-7-5-16(6-8-18)19(11-21(28)29)20-9-10-31-27-20;2*1-2/h5-10,12,14-15,19H,11,13H2,1-4H3,(H,28,29);2*1-2H3/t14?,15?,19-;;/m0../s1. The van der Waals surface area contributed by atoms with Crippen LogP contribution in [0.2, 0.25) is 0 Å². The molecule has 0 saturated heterocycles. The van der Waals surface area contributed by atoms with Gasteiger partial charge >= 0.3 is 5.97 Å². The first-order valence-corrected chi connectivity index (χ1v) is 12.5. The molecule has 4 rings (SSSR count). The van der Waals surface area contributed by atoms with Crippen molar-refractivity contribution >= 4 is 5.97 Å². The summed E-state index contributed by atoms with van der Waals surface area (Å²) < 4.78 is 10.8. The van der Waals surface area contributed by atoms with Gasteiger partial charge in [0.25, 0.3) is 0 Å². The Morgan fingerprint density at radius 2 is 1.77 bits per heavy atom. The molecule has 0 amide bonds. The van der Waals surface area contributed by atoms with Crippen molar-refractivity contribution in [3.05, 3.63) is 71.1 Å². The number of benzene rings is 1. The molecule has 1 aliphatic rings. The summed E-state index contributed by atoms with van der Waals surface area (Å²) in [6.45, 7) is 17.2. The molecule has 0 radical (unpaired) electrons. The summed E-state index contributed by atoms with van der Waals surface area (Å²) in [5.41, 5.74) is 4.40. The number of aliphatic carboxylic acids is 1. The van der Waals surface area contributed by atoms with E-state index >= 15 is 0 Å². The number of hydrogen-bond acceptors (Lipinski definition) is 6. The smallest absolute Gasteiger partial charge is 0.304 e. The number of ether oxygens (including phenoxy) is 1. The number of hydrogen-bond donors (Lipinski definition) is 1. The van der Waals surface area contributed by atoms with E-state index in [0.29, 0.717) is 29.9 Å². The Labute approximate surface area is 208 Å². The summed E-state index contributed by atoms with van der Waals surface area (Å²) in [6, 6.07) is 9.07. The maximum Gasteiger partial charge on any atom is 0.304 e. The minimum Gasteiger partial charge on any atom is -0.487 e. The average molecular weight is 482 g/mol. The van der Waals surface area contributed by atoms with Crippen molar-refractivity contribution in [1.29, 1.82) is 0 Å². The number of nitrogens with zero attached hydrogens (tertiary/aromatic N) is 3. The van der Waals surface area contributed by atoms with Gasteiger partial charge in [0.15, 0.2) is 0 Å². The summed E-state index contributed by atoms with van der Waals surface area (Å²) >= 11 is 0. The van der Waals surface area contributed by atoms with Crippen molar-refractivity contribution in [2.75, 3.05) is 0 Å². The lowest BCUT2D eigenvalue weighted by atomic mass is 9.79. The fourth-order valence-electron chi connectivity index (χ4n) is 4.33. The molecule has 190 valence electrons. The van der Waals surface area contributed by atoms with E-state index in [-0.39, 0.29) is 17.8 Å². The molecule has 0 bridgehead atoms. The highest BCUT2D eigenvalue weighted by Gasteiger charge is 2.44. The summed E-state index contributed by atoms with van der Waals surface area (Å²) in [6.07, 6.45) is 3.18. The molecule has 2 unspecified atom stereocenters. The number of rotatable bonds is 7. The van der Waals surface area contributed by atoms with Gasteiger partial charge in [-0.25, -0.2) is 0 Å². The van der Waals surface area contributed by atoms with E-state index in [1.54, 1.807) is 12.3 Å². The molecule has 3 atom stereocenters. The van der Waals surface area contributed by atoms with Crippen LogP contribution in [0.15, 0.2) is 47.3 Å². The zero-order chi connectivity index (χ0) is 26.2. The van der Waals surface area contributed by atoms with Gasteiger partial charge in [0.2, 0.25) is 0 Å². The van der Waals surface area contributed by atoms with Crippen molar-refractivity contribution in [2.45, 2.75) is 85.7 Å². The molecule has 0 spiro atoms. The highest BCUT2D eigenvalue weighted by Crippen LogP contribution is 2.48. The maximum atomic E-state index is 11.3. The lowest BCUT2D eigenvalue weighted by molar-refractivity contribution is -0.137. The molecule has 2 heterocycles. The summed E-state index contributed by atoms with van der Waals surface area (Å²) in [7, 11) is 0. The van der Waals surface area contributed by atoms with Gasteiger partial charge in [0.05, 0.1) is 35.4 Å².